The fraction of sp³-hybridized carbons (Fsp3) is 0.647. The highest BCUT2D eigenvalue weighted by Gasteiger charge is 2.34. The fourth-order valence-corrected chi connectivity index (χ4v) is 3.74. The monoisotopic (exact) mass is 273 g/mol. The highest BCUT2D eigenvalue weighted by molar-refractivity contribution is 5.49. The largest absolute Gasteiger partial charge is 0.366 e. The minimum Gasteiger partial charge on any atom is -0.366 e. The van der Waals surface area contributed by atoms with Crippen LogP contribution in [0.4, 0.5) is 5.69 Å². The molecule has 2 fully saturated rings. The summed E-state index contributed by atoms with van der Waals surface area (Å²) in [5.41, 5.74) is 8.59. The van der Waals surface area contributed by atoms with E-state index in [1.807, 2.05) is 0 Å². The first-order valence-electron chi connectivity index (χ1n) is 7.98. The quantitative estimate of drug-likeness (QED) is 0.917. The molecule has 3 unspecified atom stereocenters. The first-order chi connectivity index (χ1) is 9.63. The molecule has 0 aromatic heterocycles. The summed E-state index contributed by atoms with van der Waals surface area (Å²) in [5.74, 6) is 0. The molecular formula is C17H27N3. The summed E-state index contributed by atoms with van der Waals surface area (Å²) < 4.78 is 0. The summed E-state index contributed by atoms with van der Waals surface area (Å²) in [5, 5.41) is 0. The van der Waals surface area contributed by atoms with Gasteiger partial charge in [-0.15, -0.1) is 0 Å². The van der Waals surface area contributed by atoms with E-state index in [2.05, 4.69) is 47.9 Å². The Morgan fingerprint density at radius 1 is 1.25 bits per heavy atom. The lowest BCUT2D eigenvalue weighted by atomic mass is 10.0. The third-order valence-corrected chi connectivity index (χ3v) is 4.76. The zero-order valence-electron chi connectivity index (χ0n) is 12.8. The molecule has 2 heterocycles. The summed E-state index contributed by atoms with van der Waals surface area (Å²) >= 11 is 0. The maximum Gasteiger partial charge on any atom is 0.0389 e. The van der Waals surface area contributed by atoms with Gasteiger partial charge in [0.15, 0.2) is 0 Å². The van der Waals surface area contributed by atoms with Gasteiger partial charge >= 0.3 is 0 Å². The van der Waals surface area contributed by atoms with E-state index in [9.17, 15) is 0 Å². The molecule has 2 aliphatic rings. The average molecular weight is 273 g/mol. The number of anilines is 1. The van der Waals surface area contributed by atoms with Crippen molar-refractivity contribution in [2.75, 3.05) is 24.5 Å². The Morgan fingerprint density at radius 2 is 2.00 bits per heavy atom. The number of nitrogens with two attached hydrogens (primary N) is 1. The Labute approximate surface area is 122 Å². The molecular weight excluding hydrogens is 246 g/mol. The zero-order chi connectivity index (χ0) is 14.1. The van der Waals surface area contributed by atoms with Crippen LogP contribution in [-0.2, 0) is 6.42 Å². The normalized spacial score (nSPS) is 28.4. The van der Waals surface area contributed by atoms with Crippen molar-refractivity contribution in [3.05, 3.63) is 29.8 Å². The first-order valence-corrected chi connectivity index (χ1v) is 7.98. The minimum atomic E-state index is 0.238. The van der Waals surface area contributed by atoms with Crippen LogP contribution >= 0.6 is 0 Å². The molecule has 2 aliphatic heterocycles. The lowest BCUT2D eigenvalue weighted by Crippen LogP contribution is -2.55. The van der Waals surface area contributed by atoms with E-state index in [0.29, 0.717) is 6.04 Å². The molecule has 0 aliphatic carbocycles. The van der Waals surface area contributed by atoms with Gasteiger partial charge in [0.1, 0.15) is 0 Å². The molecule has 0 radical (unpaired) electrons. The number of rotatable bonds is 3. The van der Waals surface area contributed by atoms with Gasteiger partial charge in [0.25, 0.3) is 0 Å². The standard InChI is InChI=1S/C17H27N3/c1-13(18)10-15-5-7-16(8-6-15)20-12-17-4-3-9-19(17)11-14(20)2/h5-8,13-14,17H,3-4,9-12,18H2,1-2H3. The maximum atomic E-state index is 5.87. The first kappa shape index (κ1) is 13.9. The second-order valence-electron chi connectivity index (χ2n) is 6.64. The summed E-state index contributed by atoms with van der Waals surface area (Å²) in [4.78, 5) is 5.26. The number of fused-ring (bicyclic) bond motifs is 1. The van der Waals surface area contributed by atoms with E-state index in [0.717, 1.165) is 12.5 Å². The molecule has 0 spiro atoms. The van der Waals surface area contributed by atoms with Crippen molar-refractivity contribution in [3.63, 3.8) is 0 Å². The number of piperazine rings is 1. The topological polar surface area (TPSA) is 32.5 Å². The lowest BCUT2D eigenvalue weighted by Gasteiger charge is -2.43. The molecule has 3 atom stereocenters. The minimum absolute atomic E-state index is 0.238. The van der Waals surface area contributed by atoms with Crippen LogP contribution in [0.2, 0.25) is 0 Å². The Kier molecular flexibility index (Phi) is 3.99. The summed E-state index contributed by atoms with van der Waals surface area (Å²) in [7, 11) is 0. The van der Waals surface area contributed by atoms with E-state index in [1.165, 1.54) is 43.7 Å². The summed E-state index contributed by atoms with van der Waals surface area (Å²) in [6.07, 6.45) is 3.71. The van der Waals surface area contributed by atoms with E-state index >= 15 is 0 Å². The SMILES string of the molecule is CC(N)Cc1ccc(N2CC3CCCN3CC2C)cc1. The molecule has 110 valence electrons. The fourth-order valence-electron chi connectivity index (χ4n) is 3.74. The van der Waals surface area contributed by atoms with Crippen LogP contribution in [0.25, 0.3) is 0 Å². The highest BCUT2D eigenvalue weighted by Crippen LogP contribution is 2.28. The molecule has 2 saturated heterocycles. The van der Waals surface area contributed by atoms with Crippen LogP contribution in [-0.4, -0.2) is 42.7 Å². The Hall–Kier alpha value is -1.06. The van der Waals surface area contributed by atoms with Crippen molar-refractivity contribution in [3.8, 4) is 0 Å². The summed E-state index contributed by atoms with van der Waals surface area (Å²) in [6.45, 7) is 8.12. The molecule has 2 N–H and O–H groups in total. The Balaban J connectivity index is 1.71. The Bertz CT molecular complexity index is 440. The van der Waals surface area contributed by atoms with E-state index in [1.54, 1.807) is 0 Å². The molecule has 0 saturated carbocycles. The van der Waals surface area contributed by atoms with E-state index in [4.69, 9.17) is 5.73 Å². The van der Waals surface area contributed by atoms with Crippen molar-refractivity contribution in [2.45, 2.75) is 51.2 Å². The molecule has 3 heteroatoms. The van der Waals surface area contributed by atoms with Gasteiger partial charge in [-0.25, -0.2) is 0 Å². The van der Waals surface area contributed by atoms with Crippen LogP contribution in [0, 0.1) is 0 Å². The average Bonchev–Trinajstić information content (AvgIpc) is 2.85. The van der Waals surface area contributed by atoms with Crippen LogP contribution in [0.5, 0.6) is 0 Å². The molecule has 3 rings (SSSR count). The molecule has 1 aromatic rings. The van der Waals surface area contributed by atoms with Crippen molar-refractivity contribution < 1.29 is 0 Å². The van der Waals surface area contributed by atoms with Gasteiger partial charge in [-0.1, -0.05) is 12.1 Å². The van der Waals surface area contributed by atoms with Crippen LogP contribution < -0.4 is 10.6 Å². The number of hydrogen-bond donors (Lipinski definition) is 1. The third kappa shape index (κ3) is 2.84. The smallest absolute Gasteiger partial charge is 0.0389 e. The van der Waals surface area contributed by atoms with Crippen molar-refractivity contribution >= 4 is 5.69 Å². The molecule has 1 aromatic carbocycles. The van der Waals surface area contributed by atoms with Crippen LogP contribution in [0.15, 0.2) is 24.3 Å². The number of nitrogens with zero attached hydrogens (tertiary/aromatic N) is 2. The van der Waals surface area contributed by atoms with Gasteiger partial charge in [-0.2, -0.15) is 0 Å². The van der Waals surface area contributed by atoms with Gasteiger partial charge in [-0.05, 0) is 57.4 Å². The molecule has 0 bridgehead atoms. The van der Waals surface area contributed by atoms with Gasteiger partial charge in [0.05, 0.1) is 0 Å². The highest BCUT2D eigenvalue weighted by atomic mass is 15.3. The Morgan fingerprint density at radius 3 is 2.70 bits per heavy atom. The van der Waals surface area contributed by atoms with Gasteiger partial charge in [0, 0.05) is 36.9 Å². The molecule has 3 nitrogen and oxygen atoms in total. The van der Waals surface area contributed by atoms with Crippen LogP contribution in [0.1, 0.15) is 32.3 Å². The van der Waals surface area contributed by atoms with E-state index in [-0.39, 0.29) is 6.04 Å². The van der Waals surface area contributed by atoms with Gasteiger partial charge in [-0.3, -0.25) is 4.90 Å². The molecule has 0 amide bonds. The van der Waals surface area contributed by atoms with Crippen molar-refractivity contribution in [2.24, 2.45) is 5.73 Å². The second-order valence-corrected chi connectivity index (χ2v) is 6.64. The number of hydrogen-bond acceptors (Lipinski definition) is 3. The van der Waals surface area contributed by atoms with Crippen molar-refractivity contribution in [1.82, 2.24) is 4.90 Å². The molecule has 20 heavy (non-hydrogen) atoms. The van der Waals surface area contributed by atoms with Crippen LogP contribution in [0.3, 0.4) is 0 Å². The van der Waals surface area contributed by atoms with Gasteiger partial charge < -0.3 is 10.6 Å². The third-order valence-electron chi connectivity index (χ3n) is 4.76. The maximum absolute atomic E-state index is 5.87. The summed E-state index contributed by atoms with van der Waals surface area (Å²) in [6, 6.07) is 10.7. The lowest BCUT2D eigenvalue weighted by molar-refractivity contribution is 0.203. The van der Waals surface area contributed by atoms with E-state index < -0.39 is 0 Å². The number of benzene rings is 1. The predicted octanol–water partition coefficient (Wildman–Crippen LogP) is 2.25. The van der Waals surface area contributed by atoms with Crippen molar-refractivity contribution in [1.29, 1.82) is 0 Å². The van der Waals surface area contributed by atoms with Gasteiger partial charge in [0.2, 0.25) is 0 Å². The predicted molar refractivity (Wildman–Crippen MR) is 85.2 cm³/mol. The second kappa shape index (κ2) is 5.74. The zero-order valence-corrected chi connectivity index (χ0v) is 12.8.